The Morgan fingerprint density at radius 3 is 2.33 bits per heavy atom. The maximum absolute atomic E-state index is 12.7. The average Bonchev–Trinajstić information content (AvgIpc) is 2.62. The number of carbonyl (C=O) groups excluding carboxylic acids is 1. The van der Waals surface area contributed by atoms with E-state index < -0.39 is 0 Å². The number of rotatable bonds is 4. The zero-order valence-electron chi connectivity index (χ0n) is 16.8. The Kier molecular flexibility index (Phi) is 5.78. The summed E-state index contributed by atoms with van der Waals surface area (Å²) in [5, 5.41) is 6.41. The summed E-state index contributed by atoms with van der Waals surface area (Å²) >= 11 is 0. The molecule has 0 atom stereocenters. The summed E-state index contributed by atoms with van der Waals surface area (Å²) in [6.45, 7) is 8.34. The number of nitrogens with one attached hydrogen (secondary N) is 2. The monoisotopic (exact) mass is 366 g/mol. The van der Waals surface area contributed by atoms with Gasteiger partial charge in [0, 0.05) is 17.8 Å². The Morgan fingerprint density at radius 2 is 1.70 bits per heavy atom. The molecule has 1 fully saturated rings. The first-order valence-electron chi connectivity index (χ1n) is 9.85. The van der Waals surface area contributed by atoms with Crippen molar-refractivity contribution in [2.75, 3.05) is 10.6 Å². The normalized spacial score (nSPS) is 15.4. The number of hydrogen-bond donors (Lipinski definition) is 2. The lowest BCUT2D eigenvalue weighted by Crippen LogP contribution is -2.24. The van der Waals surface area contributed by atoms with Crippen LogP contribution in [0.2, 0.25) is 0 Å². The second kappa shape index (κ2) is 8.07. The lowest BCUT2D eigenvalue weighted by Gasteiger charge is -2.23. The molecule has 0 aliphatic heterocycles. The van der Waals surface area contributed by atoms with Crippen molar-refractivity contribution >= 4 is 17.4 Å². The van der Waals surface area contributed by atoms with Gasteiger partial charge in [0.25, 0.3) is 5.91 Å². The number of aryl methyl sites for hydroxylation is 1. The van der Waals surface area contributed by atoms with Gasteiger partial charge < -0.3 is 10.6 Å². The molecule has 5 heteroatoms. The lowest BCUT2D eigenvalue weighted by molar-refractivity contribution is 0.102. The zero-order chi connectivity index (χ0) is 19.4. The first kappa shape index (κ1) is 19.3. The van der Waals surface area contributed by atoms with Crippen LogP contribution in [0.4, 0.5) is 11.5 Å². The predicted molar refractivity (Wildman–Crippen MR) is 110 cm³/mol. The van der Waals surface area contributed by atoms with Crippen molar-refractivity contribution in [3.63, 3.8) is 0 Å². The van der Waals surface area contributed by atoms with E-state index in [1.54, 1.807) is 6.07 Å². The van der Waals surface area contributed by atoms with Gasteiger partial charge in [0.05, 0.1) is 0 Å². The van der Waals surface area contributed by atoms with Crippen LogP contribution in [-0.2, 0) is 5.41 Å². The van der Waals surface area contributed by atoms with Crippen molar-refractivity contribution in [1.29, 1.82) is 0 Å². The summed E-state index contributed by atoms with van der Waals surface area (Å²) in [5.74, 6) is 1.13. The van der Waals surface area contributed by atoms with Crippen LogP contribution in [0, 0.1) is 6.92 Å². The molecule has 0 radical (unpaired) electrons. The minimum atomic E-state index is -0.212. The molecule has 144 valence electrons. The minimum absolute atomic E-state index is 0.0893. The summed E-state index contributed by atoms with van der Waals surface area (Å²) in [4.78, 5) is 21.4. The van der Waals surface area contributed by atoms with E-state index in [4.69, 9.17) is 0 Å². The van der Waals surface area contributed by atoms with E-state index in [-0.39, 0.29) is 11.3 Å². The molecule has 2 N–H and O–H groups in total. The summed E-state index contributed by atoms with van der Waals surface area (Å²) in [7, 11) is 0. The lowest BCUT2D eigenvalue weighted by atomic mass is 9.87. The van der Waals surface area contributed by atoms with Gasteiger partial charge in [0.15, 0.2) is 0 Å². The molecular weight excluding hydrogens is 336 g/mol. The van der Waals surface area contributed by atoms with E-state index in [0.717, 1.165) is 24.3 Å². The smallest absolute Gasteiger partial charge is 0.274 e. The molecule has 3 rings (SSSR count). The van der Waals surface area contributed by atoms with Gasteiger partial charge in [-0.15, -0.1) is 0 Å². The topological polar surface area (TPSA) is 66.9 Å². The van der Waals surface area contributed by atoms with Crippen LogP contribution < -0.4 is 10.6 Å². The molecule has 27 heavy (non-hydrogen) atoms. The molecule has 5 nitrogen and oxygen atoms in total. The molecule has 1 aliphatic rings. The van der Waals surface area contributed by atoms with Crippen LogP contribution in [0.3, 0.4) is 0 Å². The fraction of sp³-hybridized carbons (Fsp3) is 0.500. The van der Waals surface area contributed by atoms with Gasteiger partial charge in [-0.2, -0.15) is 0 Å². The standard InChI is InChI=1S/C22H30N4O/c1-15-23-19(14-20(24-15)25-17-8-6-5-7-9-17)21(27)26-18-12-10-16(11-13-18)22(2,3)4/h10-14,17H,5-9H2,1-4H3,(H,26,27)(H,23,24,25). The third-order valence-electron chi connectivity index (χ3n) is 5.04. The SMILES string of the molecule is Cc1nc(NC2CCCCC2)cc(C(=O)Nc2ccc(C(C)(C)C)cc2)n1. The summed E-state index contributed by atoms with van der Waals surface area (Å²) in [6, 6.07) is 10.2. The minimum Gasteiger partial charge on any atom is -0.367 e. The van der Waals surface area contributed by atoms with Crippen molar-refractivity contribution in [2.24, 2.45) is 0 Å². The van der Waals surface area contributed by atoms with Crippen LogP contribution in [0.15, 0.2) is 30.3 Å². The van der Waals surface area contributed by atoms with E-state index in [0.29, 0.717) is 17.6 Å². The molecule has 0 unspecified atom stereocenters. The third kappa shape index (κ3) is 5.28. The van der Waals surface area contributed by atoms with Crippen molar-refractivity contribution < 1.29 is 4.79 Å². The van der Waals surface area contributed by atoms with Crippen molar-refractivity contribution in [2.45, 2.75) is 71.3 Å². The van der Waals surface area contributed by atoms with E-state index >= 15 is 0 Å². The number of benzene rings is 1. The third-order valence-corrected chi connectivity index (χ3v) is 5.04. The summed E-state index contributed by atoms with van der Waals surface area (Å²) in [6.07, 6.45) is 6.12. The molecule has 2 aromatic rings. The Morgan fingerprint density at radius 1 is 1.04 bits per heavy atom. The molecule has 0 saturated heterocycles. The van der Waals surface area contributed by atoms with E-state index in [1.165, 1.54) is 24.8 Å². The second-order valence-corrected chi connectivity index (χ2v) is 8.45. The van der Waals surface area contributed by atoms with Gasteiger partial charge in [-0.25, -0.2) is 9.97 Å². The fourth-order valence-corrected chi connectivity index (χ4v) is 3.46. The van der Waals surface area contributed by atoms with Crippen molar-refractivity contribution in [3.05, 3.63) is 47.4 Å². The van der Waals surface area contributed by atoms with Crippen LogP contribution in [0.5, 0.6) is 0 Å². The predicted octanol–water partition coefficient (Wildman–Crippen LogP) is 5.08. The number of nitrogens with zero attached hydrogens (tertiary/aromatic N) is 2. The van der Waals surface area contributed by atoms with Crippen LogP contribution >= 0.6 is 0 Å². The van der Waals surface area contributed by atoms with Gasteiger partial charge in [0.1, 0.15) is 17.3 Å². The number of carbonyl (C=O) groups is 1. The average molecular weight is 367 g/mol. The summed E-state index contributed by atoms with van der Waals surface area (Å²) < 4.78 is 0. The zero-order valence-corrected chi connectivity index (χ0v) is 16.8. The molecule has 0 spiro atoms. The van der Waals surface area contributed by atoms with Gasteiger partial charge >= 0.3 is 0 Å². The largest absolute Gasteiger partial charge is 0.367 e. The number of hydrogen-bond acceptors (Lipinski definition) is 4. The molecule has 1 amide bonds. The highest BCUT2D eigenvalue weighted by molar-refractivity contribution is 6.03. The highest BCUT2D eigenvalue weighted by Gasteiger charge is 2.17. The highest BCUT2D eigenvalue weighted by atomic mass is 16.1. The van der Waals surface area contributed by atoms with Gasteiger partial charge in [-0.3, -0.25) is 4.79 Å². The Bertz CT molecular complexity index is 787. The molecule has 1 aromatic carbocycles. The molecule has 1 aliphatic carbocycles. The number of aromatic nitrogens is 2. The van der Waals surface area contributed by atoms with Gasteiger partial charge in [-0.1, -0.05) is 52.2 Å². The van der Waals surface area contributed by atoms with Crippen LogP contribution in [0.25, 0.3) is 0 Å². The summed E-state index contributed by atoms with van der Waals surface area (Å²) in [5.41, 5.74) is 2.48. The Labute approximate surface area is 162 Å². The molecule has 1 heterocycles. The maximum Gasteiger partial charge on any atom is 0.274 e. The first-order valence-corrected chi connectivity index (χ1v) is 9.85. The molecule has 1 aromatic heterocycles. The Hall–Kier alpha value is -2.43. The van der Waals surface area contributed by atoms with E-state index in [1.807, 2.05) is 19.1 Å². The second-order valence-electron chi connectivity index (χ2n) is 8.45. The van der Waals surface area contributed by atoms with E-state index in [2.05, 4.69) is 53.5 Å². The quantitative estimate of drug-likeness (QED) is 0.792. The van der Waals surface area contributed by atoms with Crippen molar-refractivity contribution in [3.8, 4) is 0 Å². The van der Waals surface area contributed by atoms with Crippen molar-refractivity contribution in [1.82, 2.24) is 9.97 Å². The number of amides is 1. The molecular formula is C22H30N4O. The fourth-order valence-electron chi connectivity index (χ4n) is 3.46. The number of anilines is 2. The van der Waals surface area contributed by atoms with Gasteiger partial charge in [0.2, 0.25) is 0 Å². The van der Waals surface area contributed by atoms with Crippen LogP contribution in [-0.4, -0.2) is 21.9 Å². The molecule has 1 saturated carbocycles. The Balaban J connectivity index is 1.70. The first-order chi connectivity index (χ1) is 12.8. The molecule has 0 bridgehead atoms. The highest BCUT2D eigenvalue weighted by Crippen LogP contribution is 2.24. The maximum atomic E-state index is 12.7. The van der Waals surface area contributed by atoms with E-state index in [9.17, 15) is 4.79 Å². The van der Waals surface area contributed by atoms with Crippen LogP contribution in [0.1, 0.15) is 74.8 Å². The van der Waals surface area contributed by atoms with Gasteiger partial charge in [-0.05, 0) is 42.9 Å².